The number of sulfonamides is 1. The van der Waals surface area contributed by atoms with Crippen molar-refractivity contribution >= 4 is 15.7 Å². The Kier molecular flexibility index (Phi) is 5.21. The lowest BCUT2D eigenvalue weighted by atomic mass is 9.92. The highest BCUT2D eigenvalue weighted by atomic mass is 32.2. The topological polar surface area (TPSA) is 55.4 Å². The van der Waals surface area contributed by atoms with Gasteiger partial charge in [-0.25, -0.2) is 8.42 Å². The Morgan fingerprint density at radius 3 is 2.58 bits per heavy atom. The van der Waals surface area contributed by atoms with E-state index in [4.69, 9.17) is 4.74 Å². The second kappa shape index (κ2) is 7.36. The standard InChI is InChI=1S/C19H23NO3S/c1-2-23-14-17-9-5-6-10-19(17)20-24(21,22)18-12-11-15-7-3-4-8-16(15)13-18/h5-6,9-13,20H,2-4,7-8,14H2,1H3. The molecule has 1 aliphatic rings. The molecular weight excluding hydrogens is 322 g/mol. The zero-order valence-electron chi connectivity index (χ0n) is 13.9. The van der Waals surface area contributed by atoms with Crippen LogP contribution in [0.1, 0.15) is 36.5 Å². The van der Waals surface area contributed by atoms with Gasteiger partial charge in [0.2, 0.25) is 0 Å². The number of aryl methyl sites for hydroxylation is 2. The second-order valence-corrected chi connectivity index (χ2v) is 7.72. The molecule has 128 valence electrons. The van der Waals surface area contributed by atoms with E-state index in [0.717, 1.165) is 30.4 Å². The molecule has 0 atom stereocenters. The fraction of sp³-hybridized carbons (Fsp3) is 0.368. The first kappa shape index (κ1) is 17.0. The van der Waals surface area contributed by atoms with E-state index in [-0.39, 0.29) is 0 Å². The summed E-state index contributed by atoms with van der Waals surface area (Å²) in [6.45, 7) is 2.89. The Morgan fingerprint density at radius 1 is 1.04 bits per heavy atom. The van der Waals surface area contributed by atoms with Crippen molar-refractivity contribution in [3.05, 3.63) is 59.2 Å². The van der Waals surface area contributed by atoms with Crippen molar-refractivity contribution < 1.29 is 13.2 Å². The molecule has 3 rings (SSSR count). The van der Waals surface area contributed by atoms with Gasteiger partial charge in [-0.2, -0.15) is 0 Å². The summed E-state index contributed by atoms with van der Waals surface area (Å²) in [5.41, 5.74) is 3.84. The van der Waals surface area contributed by atoms with E-state index in [0.29, 0.717) is 23.8 Å². The monoisotopic (exact) mass is 345 g/mol. The molecule has 0 saturated carbocycles. The number of fused-ring (bicyclic) bond motifs is 1. The highest BCUT2D eigenvalue weighted by molar-refractivity contribution is 7.92. The number of nitrogens with one attached hydrogen (secondary N) is 1. The van der Waals surface area contributed by atoms with Crippen LogP contribution in [-0.2, 0) is 34.2 Å². The van der Waals surface area contributed by atoms with Crippen LogP contribution in [0, 0.1) is 0 Å². The maximum atomic E-state index is 12.8. The molecule has 0 amide bonds. The van der Waals surface area contributed by atoms with Crippen LogP contribution in [0.2, 0.25) is 0 Å². The Morgan fingerprint density at radius 2 is 1.79 bits per heavy atom. The van der Waals surface area contributed by atoms with Gasteiger partial charge >= 0.3 is 0 Å². The second-order valence-electron chi connectivity index (χ2n) is 6.04. The maximum absolute atomic E-state index is 12.8. The van der Waals surface area contributed by atoms with Crippen LogP contribution in [0.5, 0.6) is 0 Å². The van der Waals surface area contributed by atoms with Crippen molar-refractivity contribution in [3.63, 3.8) is 0 Å². The van der Waals surface area contributed by atoms with Gasteiger partial charge in [-0.1, -0.05) is 24.3 Å². The first-order chi connectivity index (χ1) is 11.6. The highest BCUT2D eigenvalue weighted by Crippen LogP contribution is 2.26. The van der Waals surface area contributed by atoms with Gasteiger partial charge < -0.3 is 4.74 Å². The summed E-state index contributed by atoms with van der Waals surface area (Å²) in [5.74, 6) is 0. The lowest BCUT2D eigenvalue weighted by Crippen LogP contribution is -2.15. The molecule has 5 heteroatoms. The zero-order chi connectivity index (χ0) is 17.0. The van der Waals surface area contributed by atoms with Crippen LogP contribution in [-0.4, -0.2) is 15.0 Å². The fourth-order valence-corrected chi connectivity index (χ4v) is 4.19. The zero-order valence-corrected chi connectivity index (χ0v) is 14.7. The van der Waals surface area contributed by atoms with Crippen LogP contribution in [0.25, 0.3) is 0 Å². The van der Waals surface area contributed by atoms with Crippen LogP contribution in [0.15, 0.2) is 47.4 Å². The average Bonchev–Trinajstić information content (AvgIpc) is 2.60. The predicted octanol–water partition coefficient (Wildman–Crippen LogP) is 3.90. The number of benzene rings is 2. The molecule has 2 aromatic carbocycles. The highest BCUT2D eigenvalue weighted by Gasteiger charge is 2.19. The molecule has 0 aliphatic heterocycles. The van der Waals surface area contributed by atoms with E-state index in [1.54, 1.807) is 12.1 Å². The minimum Gasteiger partial charge on any atom is -0.377 e. The Balaban J connectivity index is 1.87. The molecule has 2 aromatic rings. The van der Waals surface area contributed by atoms with Crippen LogP contribution in [0.4, 0.5) is 5.69 Å². The van der Waals surface area contributed by atoms with Crippen LogP contribution >= 0.6 is 0 Å². The molecule has 0 radical (unpaired) electrons. The van der Waals surface area contributed by atoms with E-state index >= 15 is 0 Å². The lowest BCUT2D eigenvalue weighted by Gasteiger charge is -2.17. The van der Waals surface area contributed by atoms with Crippen molar-refractivity contribution in [2.75, 3.05) is 11.3 Å². The Bertz CT molecular complexity index is 815. The minimum absolute atomic E-state index is 0.328. The lowest BCUT2D eigenvalue weighted by molar-refractivity contribution is 0.134. The van der Waals surface area contributed by atoms with Crippen molar-refractivity contribution in [1.82, 2.24) is 0 Å². The molecule has 0 spiro atoms. The molecule has 0 unspecified atom stereocenters. The maximum Gasteiger partial charge on any atom is 0.261 e. The summed E-state index contributed by atoms with van der Waals surface area (Å²) in [4.78, 5) is 0.328. The van der Waals surface area contributed by atoms with Crippen molar-refractivity contribution in [2.45, 2.75) is 44.1 Å². The molecule has 0 saturated heterocycles. The SMILES string of the molecule is CCOCc1ccccc1NS(=O)(=O)c1ccc2c(c1)CCCC2. The molecule has 0 aromatic heterocycles. The summed E-state index contributed by atoms with van der Waals surface area (Å²) < 4.78 is 33.7. The number of para-hydroxylation sites is 1. The number of hydrogen-bond acceptors (Lipinski definition) is 3. The summed E-state index contributed by atoms with van der Waals surface area (Å²) in [5, 5.41) is 0. The molecule has 1 N–H and O–H groups in total. The van der Waals surface area contributed by atoms with E-state index < -0.39 is 10.0 Å². The van der Waals surface area contributed by atoms with Gasteiger partial charge in [0.1, 0.15) is 0 Å². The largest absolute Gasteiger partial charge is 0.377 e. The van der Waals surface area contributed by atoms with Gasteiger partial charge in [-0.05, 0) is 61.9 Å². The van der Waals surface area contributed by atoms with Crippen molar-refractivity contribution in [1.29, 1.82) is 0 Å². The number of hydrogen-bond donors (Lipinski definition) is 1. The van der Waals surface area contributed by atoms with Crippen molar-refractivity contribution in [3.8, 4) is 0 Å². The average molecular weight is 345 g/mol. The molecule has 0 fully saturated rings. The fourth-order valence-electron chi connectivity index (χ4n) is 3.04. The molecule has 0 bridgehead atoms. The van der Waals surface area contributed by atoms with Gasteiger partial charge in [0.25, 0.3) is 10.0 Å². The summed E-state index contributed by atoms with van der Waals surface area (Å²) in [6, 6.07) is 12.8. The van der Waals surface area contributed by atoms with E-state index in [9.17, 15) is 8.42 Å². The van der Waals surface area contributed by atoms with Crippen LogP contribution in [0.3, 0.4) is 0 Å². The predicted molar refractivity (Wildman–Crippen MR) is 95.7 cm³/mol. The molecule has 0 heterocycles. The third-order valence-corrected chi connectivity index (χ3v) is 5.72. The summed E-state index contributed by atoms with van der Waals surface area (Å²) >= 11 is 0. The number of rotatable bonds is 6. The smallest absolute Gasteiger partial charge is 0.261 e. The van der Waals surface area contributed by atoms with Crippen LogP contribution < -0.4 is 4.72 Å². The Labute approximate surface area is 143 Å². The normalized spacial score (nSPS) is 14.2. The van der Waals surface area contributed by atoms with Gasteiger partial charge in [-0.3, -0.25) is 4.72 Å². The molecule has 24 heavy (non-hydrogen) atoms. The van der Waals surface area contributed by atoms with E-state index in [2.05, 4.69) is 4.72 Å². The minimum atomic E-state index is -3.60. The number of ether oxygens (including phenoxy) is 1. The first-order valence-corrected chi connectivity index (χ1v) is 9.89. The number of anilines is 1. The summed E-state index contributed by atoms with van der Waals surface area (Å²) in [6.07, 6.45) is 4.31. The molecule has 4 nitrogen and oxygen atoms in total. The molecule has 1 aliphatic carbocycles. The van der Waals surface area contributed by atoms with Crippen molar-refractivity contribution in [2.24, 2.45) is 0 Å². The van der Waals surface area contributed by atoms with E-state index in [1.165, 1.54) is 12.0 Å². The van der Waals surface area contributed by atoms with Gasteiger partial charge in [0.15, 0.2) is 0 Å². The molecular formula is C19H23NO3S. The third-order valence-electron chi connectivity index (χ3n) is 4.35. The van der Waals surface area contributed by atoms with Gasteiger partial charge in [0.05, 0.1) is 17.2 Å². The Hall–Kier alpha value is -1.85. The third kappa shape index (κ3) is 3.79. The quantitative estimate of drug-likeness (QED) is 0.864. The first-order valence-electron chi connectivity index (χ1n) is 8.40. The summed E-state index contributed by atoms with van der Waals surface area (Å²) in [7, 11) is -3.60. The van der Waals surface area contributed by atoms with Gasteiger partial charge in [-0.15, -0.1) is 0 Å². The van der Waals surface area contributed by atoms with E-state index in [1.807, 2.05) is 37.3 Å². The van der Waals surface area contributed by atoms with Gasteiger partial charge in [0, 0.05) is 12.2 Å².